The van der Waals surface area contributed by atoms with Crippen LogP contribution < -0.4 is 14.8 Å². The van der Waals surface area contributed by atoms with Crippen LogP contribution in [0.5, 0.6) is 11.5 Å². The quantitative estimate of drug-likeness (QED) is 0.183. The number of rotatable bonds is 10. The lowest BCUT2D eigenvalue weighted by Crippen LogP contribution is -2.13. The second kappa shape index (κ2) is 11.2. The highest BCUT2D eigenvalue weighted by atomic mass is 32.2. The second-order valence-corrected chi connectivity index (χ2v) is 11.1. The maximum absolute atomic E-state index is 12.8. The number of nitrogens with one attached hydrogen (secondary N) is 1. The van der Waals surface area contributed by atoms with Crippen molar-refractivity contribution < 1.29 is 22.7 Å². The Balaban J connectivity index is 1.54. The van der Waals surface area contributed by atoms with Gasteiger partial charge in [0.2, 0.25) is 19.3 Å². The zero-order valence-electron chi connectivity index (χ0n) is 20.0. The number of carbonyl (C=O) groups excluding carboxylic acids is 1. The minimum Gasteiger partial charge on any atom is -0.493 e. The fourth-order valence-electron chi connectivity index (χ4n) is 3.55. The van der Waals surface area contributed by atoms with E-state index in [0.29, 0.717) is 30.2 Å². The van der Waals surface area contributed by atoms with Gasteiger partial charge < -0.3 is 14.0 Å². The van der Waals surface area contributed by atoms with Gasteiger partial charge in [-0.1, -0.05) is 48.6 Å². The monoisotopic (exact) mass is 537 g/mol. The van der Waals surface area contributed by atoms with Crippen molar-refractivity contribution in [1.29, 1.82) is 5.26 Å². The molecule has 10 nitrogen and oxygen atoms in total. The summed E-state index contributed by atoms with van der Waals surface area (Å²) < 4.78 is 36.9. The van der Waals surface area contributed by atoms with E-state index in [0.717, 1.165) is 22.2 Å². The number of nitriles is 1. The first-order valence-electron chi connectivity index (χ1n) is 11.2. The number of sulfone groups is 1. The van der Waals surface area contributed by atoms with Crippen LogP contribution >= 0.6 is 11.3 Å². The molecule has 0 bridgehead atoms. The molecule has 4 rings (SSSR count). The highest BCUT2D eigenvalue weighted by molar-refractivity contribution is 7.93. The van der Waals surface area contributed by atoms with Crippen molar-refractivity contribution in [2.24, 2.45) is 0 Å². The van der Waals surface area contributed by atoms with E-state index in [1.54, 1.807) is 7.11 Å². The Morgan fingerprint density at radius 1 is 1.16 bits per heavy atom. The number of para-hydroxylation sites is 3. The molecule has 0 spiro atoms. The lowest BCUT2D eigenvalue weighted by Gasteiger charge is -2.11. The normalized spacial score (nSPS) is 11.8. The summed E-state index contributed by atoms with van der Waals surface area (Å²) in [6, 6.07) is 16.9. The molecule has 2 aromatic heterocycles. The van der Waals surface area contributed by atoms with Gasteiger partial charge in [0.15, 0.2) is 11.5 Å². The molecule has 0 saturated carbocycles. The van der Waals surface area contributed by atoms with Crippen LogP contribution in [-0.2, 0) is 21.2 Å². The molecule has 0 unspecified atom stereocenters. The highest BCUT2D eigenvalue weighted by Gasteiger charge is 2.20. The molecular formula is C25H23N5O5S2. The lowest BCUT2D eigenvalue weighted by molar-refractivity contribution is -0.112. The summed E-state index contributed by atoms with van der Waals surface area (Å²) in [6.07, 6.45) is 3.33. The van der Waals surface area contributed by atoms with Crippen molar-refractivity contribution in [3.8, 4) is 17.6 Å². The van der Waals surface area contributed by atoms with Crippen molar-refractivity contribution in [3.05, 3.63) is 65.9 Å². The molecule has 0 saturated heterocycles. The third kappa shape index (κ3) is 5.79. The van der Waals surface area contributed by atoms with E-state index >= 15 is 0 Å². The Bertz CT molecular complexity index is 1620. The molecule has 4 aromatic rings. The van der Waals surface area contributed by atoms with Gasteiger partial charge in [-0.05, 0) is 24.3 Å². The SMILES string of the molecule is CCS(=O)(=O)c1nnc(NC(=O)C(C#N)=Cc2cn(CCOc3ccccc3OC)c3ccccc23)s1. The number of methoxy groups -OCH3 is 1. The first kappa shape index (κ1) is 25.9. The third-order valence-electron chi connectivity index (χ3n) is 5.42. The molecule has 0 aliphatic rings. The molecule has 1 amide bonds. The van der Waals surface area contributed by atoms with Gasteiger partial charge in [0.25, 0.3) is 5.91 Å². The van der Waals surface area contributed by atoms with E-state index in [2.05, 4.69) is 15.5 Å². The van der Waals surface area contributed by atoms with E-state index in [9.17, 15) is 18.5 Å². The molecule has 2 heterocycles. The Hall–Kier alpha value is -4.21. The highest BCUT2D eigenvalue weighted by Crippen LogP contribution is 2.27. The van der Waals surface area contributed by atoms with E-state index in [1.807, 2.05) is 65.4 Å². The van der Waals surface area contributed by atoms with Crippen LogP contribution in [0.25, 0.3) is 17.0 Å². The van der Waals surface area contributed by atoms with Gasteiger partial charge in [0, 0.05) is 22.7 Å². The van der Waals surface area contributed by atoms with Crippen molar-refractivity contribution >= 4 is 49.2 Å². The van der Waals surface area contributed by atoms with E-state index < -0.39 is 15.7 Å². The topological polar surface area (TPSA) is 136 Å². The molecule has 37 heavy (non-hydrogen) atoms. The summed E-state index contributed by atoms with van der Waals surface area (Å²) in [7, 11) is -1.96. The molecule has 0 atom stereocenters. The molecule has 2 aromatic carbocycles. The van der Waals surface area contributed by atoms with E-state index in [4.69, 9.17) is 9.47 Å². The van der Waals surface area contributed by atoms with Gasteiger partial charge in [-0.3, -0.25) is 10.1 Å². The molecule has 0 radical (unpaired) electrons. The smallest absolute Gasteiger partial charge is 0.268 e. The summed E-state index contributed by atoms with van der Waals surface area (Å²) in [5.74, 6) is 0.433. The van der Waals surface area contributed by atoms with Crippen molar-refractivity contribution in [2.45, 2.75) is 17.8 Å². The minimum atomic E-state index is -3.54. The zero-order valence-corrected chi connectivity index (χ0v) is 21.7. The Morgan fingerprint density at radius 2 is 1.89 bits per heavy atom. The maximum atomic E-state index is 12.8. The fraction of sp³-hybridized carbons (Fsp3) is 0.200. The van der Waals surface area contributed by atoms with E-state index in [1.165, 1.54) is 13.0 Å². The summed E-state index contributed by atoms with van der Waals surface area (Å²) in [6.45, 7) is 2.38. The predicted octanol–water partition coefficient (Wildman–Crippen LogP) is 3.92. The number of fused-ring (bicyclic) bond motifs is 1. The molecule has 0 fully saturated rings. The van der Waals surface area contributed by atoms with Crippen LogP contribution in [0.15, 0.2) is 64.6 Å². The lowest BCUT2D eigenvalue weighted by atomic mass is 10.1. The summed E-state index contributed by atoms with van der Waals surface area (Å²) in [4.78, 5) is 12.8. The summed E-state index contributed by atoms with van der Waals surface area (Å²) in [5.41, 5.74) is 1.42. The first-order valence-corrected chi connectivity index (χ1v) is 13.7. The molecule has 190 valence electrons. The van der Waals surface area contributed by atoms with Crippen LogP contribution in [0, 0.1) is 11.3 Å². The number of amides is 1. The van der Waals surface area contributed by atoms with Gasteiger partial charge in [0.1, 0.15) is 18.2 Å². The van der Waals surface area contributed by atoms with Gasteiger partial charge in [0.05, 0.1) is 19.4 Å². The van der Waals surface area contributed by atoms with Gasteiger partial charge >= 0.3 is 0 Å². The number of hydrogen-bond acceptors (Lipinski definition) is 9. The Morgan fingerprint density at radius 3 is 2.62 bits per heavy atom. The number of carbonyl (C=O) groups is 1. The van der Waals surface area contributed by atoms with Crippen molar-refractivity contribution in [2.75, 3.05) is 24.8 Å². The zero-order chi connectivity index (χ0) is 26.4. The molecular weight excluding hydrogens is 514 g/mol. The van der Waals surface area contributed by atoms with Crippen LogP contribution in [0.2, 0.25) is 0 Å². The molecule has 12 heteroatoms. The fourth-order valence-corrected chi connectivity index (χ4v) is 5.53. The van der Waals surface area contributed by atoms with Gasteiger partial charge in [-0.25, -0.2) is 8.42 Å². The number of hydrogen-bond donors (Lipinski definition) is 1. The van der Waals surface area contributed by atoms with Crippen LogP contribution in [0.4, 0.5) is 5.13 Å². The standard InChI is InChI=1S/C25H23N5O5S2/c1-3-37(32,33)25-29-28-24(36-25)27-23(31)17(15-26)14-18-16-30(20-9-5-4-8-19(18)20)12-13-35-22-11-7-6-10-21(22)34-2/h4-11,14,16H,3,12-13H2,1-2H3,(H,27,28,31). The molecule has 1 N–H and O–H groups in total. The molecule has 0 aliphatic heterocycles. The molecule has 0 aliphatic carbocycles. The summed E-state index contributed by atoms with van der Waals surface area (Å²) >= 11 is 0.738. The van der Waals surface area contributed by atoms with Crippen LogP contribution in [-0.4, -0.2) is 48.6 Å². The Labute approximate surface area is 217 Å². The average molecular weight is 538 g/mol. The first-order chi connectivity index (χ1) is 17.9. The second-order valence-electron chi connectivity index (χ2n) is 7.69. The Kier molecular flexibility index (Phi) is 7.86. The maximum Gasteiger partial charge on any atom is 0.268 e. The number of nitrogens with zero attached hydrogens (tertiary/aromatic N) is 4. The third-order valence-corrected chi connectivity index (χ3v) is 8.44. The van der Waals surface area contributed by atoms with E-state index in [-0.39, 0.29) is 20.8 Å². The number of ether oxygens (including phenoxy) is 2. The van der Waals surface area contributed by atoms with Gasteiger partial charge in [-0.15, -0.1) is 10.2 Å². The largest absolute Gasteiger partial charge is 0.493 e. The number of aromatic nitrogens is 3. The van der Waals surface area contributed by atoms with Crippen molar-refractivity contribution in [1.82, 2.24) is 14.8 Å². The van der Waals surface area contributed by atoms with Crippen LogP contribution in [0.3, 0.4) is 0 Å². The average Bonchev–Trinajstić information content (AvgIpc) is 3.53. The summed E-state index contributed by atoms with van der Waals surface area (Å²) in [5, 5.41) is 20.3. The predicted molar refractivity (Wildman–Crippen MR) is 140 cm³/mol. The van der Waals surface area contributed by atoms with Gasteiger partial charge in [-0.2, -0.15) is 5.26 Å². The van der Waals surface area contributed by atoms with Crippen LogP contribution in [0.1, 0.15) is 12.5 Å². The number of benzene rings is 2. The minimum absolute atomic E-state index is 0.00547. The van der Waals surface area contributed by atoms with Crippen molar-refractivity contribution in [3.63, 3.8) is 0 Å². The number of anilines is 1.